The van der Waals surface area contributed by atoms with E-state index in [1.165, 1.54) is 23.9 Å². The lowest BCUT2D eigenvalue weighted by Crippen LogP contribution is -2.47. The van der Waals surface area contributed by atoms with Crippen LogP contribution >= 0.6 is 11.8 Å². The molecule has 0 N–H and O–H groups in total. The first-order valence-electron chi connectivity index (χ1n) is 12.4. The van der Waals surface area contributed by atoms with E-state index >= 15 is 0 Å². The van der Waals surface area contributed by atoms with Crippen LogP contribution in [0.5, 0.6) is 0 Å². The van der Waals surface area contributed by atoms with Crippen LogP contribution in [0.3, 0.4) is 0 Å². The molecule has 38 heavy (non-hydrogen) atoms. The maximum absolute atomic E-state index is 13.1. The summed E-state index contributed by atoms with van der Waals surface area (Å²) < 4.78 is 50.4. The molecule has 0 radical (unpaired) electrons. The Kier molecular flexibility index (Phi) is 7.80. The maximum atomic E-state index is 13.1. The van der Waals surface area contributed by atoms with Gasteiger partial charge in [0.2, 0.25) is 0 Å². The molecule has 0 spiro atoms. The zero-order valence-corrected chi connectivity index (χ0v) is 21.7. The van der Waals surface area contributed by atoms with Gasteiger partial charge >= 0.3 is 6.18 Å². The van der Waals surface area contributed by atoms with Crippen LogP contribution in [0.25, 0.3) is 0 Å². The highest BCUT2D eigenvalue weighted by atomic mass is 32.2. The van der Waals surface area contributed by atoms with Gasteiger partial charge < -0.3 is 23.9 Å². The van der Waals surface area contributed by atoms with E-state index in [-0.39, 0.29) is 5.91 Å². The number of hydrogen-bond acceptors (Lipinski definition) is 8. The van der Waals surface area contributed by atoms with Gasteiger partial charge in [0.05, 0.1) is 24.5 Å². The summed E-state index contributed by atoms with van der Waals surface area (Å²) in [5.74, 6) is 2.09. The van der Waals surface area contributed by atoms with Crippen LogP contribution in [0.4, 0.5) is 24.7 Å². The van der Waals surface area contributed by atoms with Gasteiger partial charge in [-0.15, -0.1) is 0 Å². The molecule has 12 heteroatoms. The molecule has 0 bridgehead atoms. The monoisotopic (exact) mass is 547 g/mol. The van der Waals surface area contributed by atoms with E-state index in [0.29, 0.717) is 80.6 Å². The molecule has 4 heterocycles. The molecule has 2 aliphatic heterocycles. The molecule has 2 saturated heterocycles. The minimum atomic E-state index is -4.36. The van der Waals surface area contributed by atoms with E-state index < -0.39 is 11.7 Å². The minimum absolute atomic E-state index is 0.136. The average Bonchev–Trinajstić information content (AvgIpc) is 3.40. The van der Waals surface area contributed by atoms with Gasteiger partial charge in [-0.05, 0) is 37.3 Å². The molecule has 3 aromatic rings. The van der Waals surface area contributed by atoms with Crippen LogP contribution in [0.15, 0.2) is 52.0 Å². The molecule has 1 amide bonds. The first kappa shape index (κ1) is 26.4. The van der Waals surface area contributed by atoms with Crippen molar-refractivity contribution in [2.45, 2.75) is 24.0 Å². The number of amides is 1. The van der Waals surface area contributed by atoms with E-state index in [4.69, 9.17) is 14.1 Å². The Morgan fingerprint density at radius 2 is 1.71 bits per heavy atom. The average molecular weight is 548 g/mol. The number of aromatic nitrogens is 2. The number of furan rings is 1. The molecular weight excluding hydrogens is 519 g/mol. The number of piperazine rings is 1. The normalized spacial score (nSPS) is 16.7. The predicted octanol–water partition coefficient (Wildman–Crippen LogP) is 4.49. The van der Waals surface area contributed by atoms with Gasteiger partial charge in [0, 0.05) is 56.7 Å². The second-order valence-corrected chi connectivity index (χ2v) is 10.1. The van der Waals surface area contributed by atoms with Crippen molar-refractivity contribution < 1.29 is 27.1 Å². The number of carbonyl (C=O) groups excluding carboxylic acids is 1. The molecule has 8 nitrogen and oxygen atoms in total. The predicted molar refractivity (Wildman–Crippen MR) is 138 cm³/mol. The van der Waals surface area contributed by atoms with Crippen LogP contribution in [0, 0.1) is 6.92 Å². The number of benzene rings is 1. The van der Waals surface area contributed by atoms with Crippen molar-refractivity contribution in [1.29, 1.82) is 0 Å². The van der Waals surface area contributed by atoms with Crippen molar-refractivity contribution in [1.82, 2.24) is 14.9 Å². The number of rotatable bonds is 6. The highest BCUT2D eigenvalue weighted by Crippen LogP contribution is 2.32. The molecule has 1 aromatic carbocycles. The lowest BCUT2D eigenvalue weighted by Gasteiger charge is -2.37. The summed E-state index contributed by atoms with van der Waals surface area (Å²) >= 11 is 1.42. The quantitative estimate of drug-likeness (QED) is 0.330. The molecule has 2 aromatic heterocycles. The molecule has 0 unspecified atom stereocenters. The van der Waals surface area contributed by atoms with Gasteiger partial charge in [-0.25, -0.2) is 9.97 Å². The number of hydrogen-bond donors (Lipinski definition) is 0. The van der Waals surface area contributed by atoms with E-state index in [0.717, 1.165) is 17.6 Å². The second-order valence-electron chi connectivity index (χ2n) is 9.13. The summed E-state index contributed by atoms with van der Waals surface area (Å²) in [4.78, 5) is 27.7. The smallest absolute Gasteiger partial charge is 0.416 e. The molecule has 0 aliphatic carbocycles. The third kappa shape index (κ3) is 6.24. The Bertz CT molecular complexity index is 1270. The Balaban J connectivity index is 1.19. The van der Waals surface area contributed by atoms with Crippen molar-refractivity contribution in [3.63, 3.8) is 0 Å². The number of anilines is 2. The SMILES string of the molecule is Cc1cc(N2CCN(c3cccc(C(F)(F)F)c3)CC2)nc(SCc2ccc(C(=O)N3CCOCC3)o2)n1. The van der Waals surface area contributed by atoms with Gasteiger partial charge in [0.25, 0.3) is 5.91 Å². The summed E-state index contributed by atoms with van der Waals surface area (Å²) in [5.41, 5.74) is 0.750. The number of thioether (sulfide) groups is 1. The number of ether oxygens (including phenoxy) is 1. The molecule has 0 saturated carbocycles. The highest BCUT2D eigenvalue weighted by Gasteiger charge is 2.31. The van der Waals surface area contributed by atoms with Crippen LogP contribution in [-0.2, 0) is 16.7 Å². The van der Waals surface area contributed by atoms with E-state index in [1.54, 1.807) is 23.1 Å². The Morgan fingerprint density at radius 1 is 0.974 bits per heavy atom. The molecule has 202 valence electrons. The number of alkyl halides is 3. The molecule has 2 aliphatic rings. The van der Waals surface area contributed by atoms with Crippen molar-refractivity contribution in [3.05, 3.63) is 65.2 Å². The van der Waals surface area contributed by atoms with Crippen molar-refractivity contribution in [3.8, 4) is 0 Å². The number of halogens is 3. The standard InChI is InChI=1S/C26H28F3N5O3S/c1-18-15-23(33-9-7-32(8-10-33)20-4-2-3-19(16-20)26(27,28)29)31-25(30-18)38-17-21-5-6-22(37-21)24(35)34-11-13-36-14-12-34/h2-6,15-16H,7-14,17H2,1H3. The van der Waals surface area contributed by atoms with Gasteiger partial charge in [0.1, 0.15) is 11.6 Å². The fraction of sp³-hybridized carbons (Fsp3) is 0.423. The van der Waals surface area contributed by atoms with E-state index in [9.17, 15) is 18.0 Å². The number of aryl methyl sites for hydroxylation is 1. The zero-order valence-electron chi connectivity index (χ0n) is 20.9. The van der Waals surface area contributed by atoms with Gasteiger partial charge in [-0.1, -0.05) is 17.8 Å². The second kappa shape index (κ2) is 11.2. The molecule has 0 atom stereocenters. The lowest BCUT2D eigenvalue weighted by atomic mass is 10.1. The Morgan fingerprint density at radius 3 is 2.45 bits per heavy atom. The Hall–Kier alpha value is -3.25. The molecule has 2 fully saturated rings. The summed E-state index contributed by atoms with van der Waals surface area (Å²) in [6, 6.07) is 10.9. The topological polar surface area (TPSA) is 74.9 Å². The number of nitrogens with zero attached hydrogens (tertiary/aromatic N) is 5. The van der Waals surface area contributed by atoms with Crippen LogP contribution in [0.1, 0.15) is 27.6 Å². The number of morpholine rings is 1. The summed E-state index contributed by atoms with van der Waals surface area (Å²) in [5, 5.41) is 0.595. The minimum Gasteiger partial charge on any atom is -0.455 e. The summed E-state index contributed by atoms with van der Waals surface area (Å²) in [6.07, 6.45) is -4.36. The fourth-order valence-corrected chi connectivity index (χ4v) is 5.25. The van der Waals surface area contributed by atoms with Gasteiger partial charge in [-0.3, -0.25) is 4.79 Å². The van der Waals surface area contributed by atoms with Crippen molar-refractivity contribution in [2.24, 2.45) is 0 Å². The van der Waals surface area contributed by atoms with Crippen LogP contribution in [0.2, 0.25) is 0 Å². The van der Waals surface area contributed by atoms with Crippen molar-refractivity contribution >= 4 is 29.2 Å². The largest absolute Gasteiger partial charge is 0.455 e. The van der Waals surface area contributed by atoms with E-state index in [1.807, 2.05) is 17.9 Å². The zero-order chi connectivity index (χ0) is 26.7. The van der Waals surface area contributed by atoms with Gasteiger partial charge in [0.15, 0.2) is 10.9 Å². The molecular formula is C26H28F3N5O3S. The van der Waals surface area contributed by atoms with Crippen LogP contribution in [-0.4, -0.2) is 73.3 Å². The lowest BCUT2D eigenvalue weighted by molar-refractivity contribution is -0.137. The Labute approximate surface area is 222 Å². The number of carbonyl (C=O) groups is 1. The first-order chi connectivity index (χ1) is 18.3. The van der Waals surface area contributed by atoms with Crippen LogP contribution < -0.4 is 9.80 Å². The third-order valence-corrected chi connectivity index (χ3v) is 7.35. The third-order valence-electron chi connectivity index (χ3n) is 6.48. The first-order valence-corrected chi connectivity index (χ1v) is 13.4. The summed E-state index contributed by atoms with van der Waals surface area (Å²) in [7, 11) is 0. The fourth-order valence-electron chi connectivity index (χ4n) is 4.45. The van der Waals surface area contributed by atoms with E-state index in [2.05, 4.69) is 9.88 Å². The molecule has 5 rings (SSSR count). The van der Waals surface area contributed by atoms with Gasteiger partial charge in [-0.2, -0.15) is 13.2 Å². The summed E-state index contributed by atoms with van der Waals surface area (Å²) in [6.45, 7) is 6.49. The van der Waals surface area contributed by atoms with Crippen molar-refractivity contribution in [2.75, 3.05) is 62.3 Å². The highest BCUT2D eigenvalue weighted by molar-refractivity contribution is 7.98. The maximum Gasteiger partial charge on any atom is 0.416 e.